The molecule has 2 aliphatic rings. The second kappa shape index (κ2) is 5.74. The Labute approximate surface area is 139 Å². The Hall–Kier alpha value is -2.69. The van der Waals surface area contributed by atoms with Crippen molar-refractivity contribution in [2.24, 2.45) is 5.16 Å². The van der Waals surface area contributed by atoms with Gasteiger partial charge in [-0.05, 0) is 37.0 Å². The molecule has 0 unspecified atom stereocenters. The molecule has 0 radical (unpaired) electrons. The van der Waals surface area contributed by atoms with Crippen LogP contribution in [0.2, 0.25) is 0 Å². The van der Waals surface area contributed by atoms with Crippen LogP contribution in [0, 0.1) is 5.82 Å². The Bertz CT molecular complexity index is 800. The summed E-state index contributed by atoms with van der Waals surface area (Å²) in [7, 11) is 0. The van der Waals surface area contributed by atoms with Gasteiger partial charge in [0.1, 0.15) is 5.82 Å². The second-order valence-corrected chi connectivity index (χ2v) is 6.24. The van der Waals surface area contributed by atoms with E-state index < -0.39 is 5.60 Å². The highest BCUT2D eigenvalue weighted by Gasteiger charge is 2.53. The molecule has 24 heavy (non-hydrogen) atoms. The normalized spacial score (nSPS) is 18.8. The Morgan fingerprint density at radius 2 is 1.92 bits per heavy atom. The summed E-state index contributed by atoms with van der Waals surface area (Å²) < 4.78 is 13.5. The molecular formula is C19H17FN2O2. The Kier molecular flexibility index (Phi) is 3.56. The highest BCUT2D eigenvalue weighted by molar-refractivity contribution is 6.10. The van der Waals surface area contributed by atoms with E-state index in [1.54, 1.807) is 11.0 Å². The third-order valence-electron chi connectivity index (χ3n) is 4.62. The largest absolute Gasteiger partial charge is 0.377 e. The summed E-state index contributed by atoms with van der Waals surface area (Å²) in [5.74, 6) is 0.0685. The highest BCUT2D eigenvalue weighted by Crippen LogP contribution is 2.40. The molecule has 0 aromatic heterocycles. The minimum atomic E-state index is -0.828. The van der Waals surface area contributed by atoms with E-state index in [0.29, 0.717) is 18.7 Å². The smallest absolute Gasteiger partial charge is 0.275 e. The van der Waals surface area contributed by atoms with Crippen LogP contribution in [-0.2, 0) is 16.2 Å². The van der Waals surface area contributed by atoms with E-state index in [0.717, 1.165) is 17.5 Å². The van der Waals surface area contributed by atoms with Crippen LogP contribution in [0.25, 0.3) is 0 Å². The summed E-state index contributed by atoms with van der Waals surface area (Å²) in [6, 6.07) is 15.7. The topological polar surface area (TPSA) is 41.9 Å². The number of oxime groups is 1. The van der Waals surface area contributed by atoms with Crippen LogP contribution in [0.4, 0.5) is 4.39 Å². The lowest BCUT2D eigenvalue weighted by Crippen LogP contribution is -2.58. The van der Waals surface area contributed by atoms with Crippen molar-refractivity contribution in [2.75, 3.05) is 0 Å². The van der Waals surface area contributed by atoms with Crippen LogP contribution in [0.1, 0.15) is 30.4 Å². The SMILES string of the molecule is O=C1N(Cc2cccc(F)c2)C(c2ccccc2)=NOC12CCC2. The van der Waals surface area contributed by atoms with Gasteiger partial charge in [0.05, 0.1) is 6.54 Å². The molecule has 0 atom stereocenters. The molecule has 0 N–H and O–H groups in total. The molecule has 1 amide bonds. The maximum Gasteiger partial charge on any atom is 0.275 e. The molecule has 1 spiro atoms. The van der Waals surface area contributed by atoms with Crippen LogP contribution in [-0.4, -0.2) is 22.2 Å². The van der Waals surface area contributed by atoms with E-state index >= 15 is 0 Å². The summed E-state index contributed by atoms with van der Waals surface area (Å²) in [5.41, 5.74) is 0.700. The third-order valence-corrected chi connectivity index (χ3v) is 4.62. The Balaban J connectivity index is 1.72. The number of amidine groups is 1. The fourth-order valence-corrected chi connectivity index (χ4v) is 3.12. The number of amides is 1. The van der Waals surface area contributed by atoms with Crippen molar-refractivity contribution >= 4 is 11.7 Å². The van der Waals surface area contributed by atoms with Gasteiger partial charge >= 0.3 is 0 Å². The minimum Gasteiger partial charge on any atom is -0.377 e. The fraction of sp³-hybridized carbons (Fsp3) is 0.263. The van der Waals surface area contributed by atoms with Crippen molar-refractivity contribution in [1.29, 1.82) is 0 Å². The molecule has 1 fully saturated rings. The first-order chi connectivity index (χ1) is 11.7. The zero-order chi connectivity index (χ0) is 16.6. The first-order valence-electron chi connectivity index (χ1n) is 8.06. The summed E-state index contributed by atoms with van der Waals surface area (Å²) >= 11 is 0. The molecular weight excluding hydrogens is 307 g/mol. The van der Waals surface area contributed by atoms with Crippen LogP contribution in [0.15, 0.2) is 59.8 Å². The Morgan fingerprint density at radius 1 is 1.12 bits per heavy atom. The number of carbonyl (C=O) groups is 1. The van der Waals surface area contributed by atoms with Crippen LogP contribution < -0.4 is 0 Å². The quantitative estimate of drug-likeness (QED) is 0.867. The van der Waals surface area contributed by atoms with Gasteiger partial charge in [0.25, 0.3) is 5.91 Å². The summed E-state index contributed by atoms with van der Waals surface area (Å²) in [6.07, 6.45) is 2.31. The van der Waals surface area contributed by atoms with Gasteiger partial charge in [-0.2, -0.15) is 0 Å². The maximum atomic E-state index is 13.5. The van der Waals surface area contributed by atoms with Gasteiger partial charge in [0.15, 0.2) is 5.84 Å². The standard InChI is InChI=1S/C19H17FN2O2/c20-16-9-4-6-14(12-16)13-22-17(15-7-2-1-3-8-15)21-24-19(18(22)23)10-5-11-19/h1-4,6-9,12H,5,10-11,13H2. The monoisotopic (exact) mass is 324 g/mol. The number of halogens is 1. The molecule has 4 rings (SSSR count). The van der Waals surface area contributed by atoms with E-state index in [-0.39, 0.29) is 18.3 Å². The molecule has 1 aliphatic heterocycles. The average molecular weight is 324 g/mol. The predicted octanol–water partition coefficient (Wildman–Crippen LogP) is 3.47. The first kappa shape index (κ1) is 14.9. The summed E-state index contributed by atoms with van der Waals surface area (Å²) in [5, 5.41) is 4.25. The lowest BCUT2D eigenvalue weighted by Gasteiger charge is -2.44. The molecule has 4 nitrogen and oxygen atoms in total. The minimum absolute atomic E-state index is 0.0909. The summed E-state index contributed by atoms with van der Waals surface area (Å²) in [4.78, 5) is 20.2. The molecule has 0 saturated heterocycles. The fourth-order valence-electron chi connectivity index (χ4n) is 3.12. The predicted molar refractivity (Wildman–Crippen MR) is 87.6 cm³/mol. The average Bonchev–Trinajstić information content (AvgIpc) is 2.56. The van der Waals surface area contributed by atoms with Gasteiger partial charge in [0.2, 0.25) is 5.60 Å². The van der Waals surface area contributed by atoms with Crippen LogP contribution in [0.3, 0.4) is 0 Å². The van der Waals surface area contributed by atoms with Gasteiger partial charge in [-0.25, -0.2) is 4.39 Å². The molecule has 0 bridgehead atoms. The molecule has 1 aliphatic carbocycles. The lowest BCUT2D eigenvalue weighted by molar-refractivity contribution is -0.173. The number of benzene rings is 2. The van der Waals surface area contributed by atoms with Crippen molar-refractivity contribution < 1.29 is 14.0 Å². The number of rotatable bonds is 3. The van der Waals surface area contributed by atoms with E-state index in [1.807, 2.05) is 36.4 Å². The lowest BCUT2D eigenvalue weighted by atomic mass is 9.78. The zero-order valence-electron chi connectivity index (χ0n) is 13.1. The number of hydrogen-bond donors (Lipinski definition) is 0. The van der Waals surface area contributed by atoms with Crippen molar-refractivity contribution in [1.82, 2.24) is 4.90 Å². The van der Waals surface area contributed by atoms with E-state index in [4.69, 9.17) is 4.84 Å². The zero-order valence-corrected chi connectivity index (χ0v) is 13.1. The van der Waals surface area contributed by atoms with Crippen molar-refractivity contribution in [3.8, 4) is 0 Å². The highest BCUT2D eigenvalue weighted by atomic mass is 19.1. The van der Waals surface area contributed by atoms with Crippen molar-refractivity contribution in [2.45, 2.75) is 31.4 Å². The van der Waals surface area contributed by atoms with Gasteiger partial charge in [0, 0.05) is 5.56 Å². The van der Waals surface area contributed by atoms with Crippen LogP contribution in [0.5, 0.6) is 0 Å². The number of hydrogen-bond acceptors (Lipinski definition) is 3. The van der Waals surface area contributed by atoms with E-state index in [9.17, 15) is 9.18 Å². The van der Waals surface area contributed by atoms with Gasteiger partial charge in [-0.3, -0.25) is 9.69 Å². The molecule has 5 heteroatoms. The molecule has 1 saturated carbocycles. The van der Waals surface area contributed by atoms with Crippen molar-refractivity contribution in [3.05, 3.63) is 71.5 Å². The summed E-state index contributed by atoms with van der Waals surface area (Å²) in [6.45, 7) is 0.273. The number of carbonyl (C=O) groups excluding carboxylic acids is 1. The van der Waals surface area contributed by atoms with Crippen molar-refractivity contribution in [3.63, 3.8) is 0 Å². The molecule has 2 aromatic rings. The second-order valence-electron chi connectivity index (χ2n) is 6.24. The first-order valence-corrected chi connectivity index (χ1v) is 8.06. The van der Waals surface area contributed by atoms with Gasteiger partial charge in [-0.1, -0.05) is 47.6 Å². The van der Waals surface area contributed by atoms with Gasteiger partial charge < -0.3 is 4.84 Å². The molecule has 1 heterocycles. The molecule has 122 valence electrons. The van der Waals surface area contributed by atoms with E-state index in [2.05, 4.69) is 5.16 Å². The molecule has 2 aromatic carbocycles. The van der Waals surface area contributed by atoms with E-state index in [1.165, 1.54) is 12.1 Å². The van der Waals surface area contributed by atoms with Gasteiger partial charge in [-0.15, -0.1) is 0 Å². The Morgan fingerprint density at radius 3 is 2.58 bits per heavy atom. The maximum absolute atomic E-state index is 13.5. The van der Waals surface area contributed by atoms with Crippen LogP contribution >= 0.6 is 0 Å². The number of nitrogens with zero attached hydrogens (tertiary/aromatic N) is 2. The third kappa shape index (κ3) is 2.46.